The molecular formula is C10H12NNaO4. The van der Waals surface area contributed by atoms with Crippen LogP contribution >= 0.6 is 0 Å². The first-order valence-corrected chi connectivity index (χ1v) is 4.51. The smallest absolute Gasteiger partial charge is 0.549 e. The molecule has 1 aromatic rings. The first kappa shape index (κ1) is 15.2. The van der Waals surface area contributed by atoms with Crippen molar-refractivity contribution in [1.82, 2.24) is 5.32 Å². The monoisotopic (exact) mass is 233 g/mol. The summed E-state index contributed by atoms with van der Waals surface area (Å²) in [5.41, 5.74) is 0.652. The molecule has 0 radical (unpaired) electrons. The quantitative estimate of drug-likeness (QED) is 0.356. The summed E-state index contributed by atoms with van der Waals surface area (Å²) in [7, 11) is 0. The number of aliphatic carboxylic acids is 1. The maximum atomic E-state index is 10.1. The topological polar surface area (TPSA) is 92.6 Å². The van der Waals surface area contributed by atoms with E-state index in [1.165, 1.54) is 12.1 Å². The summed E-state index contributed by atoms with van der Waals surface area (Å²) in [6.45, 7) is 0.213. The zero-order valence-electron chi connectivity index (χ0n) is 9.06. The third-order valence-corrected chi connectivity index (χ3v) is 1.91. The van der Waals surface area contributed by atoms with Gasteiger partial charge in [-0.15, -0.1) is 0 Å². The molecule has 3 N–H and O–H groups in total. The molecule has 5 nitrogen and oxygen atoms in total. The normalized spacial score (nSPS) is 9.50. The fourth-order valence-electron chi connectivity index (χ4n) is 1.18. The van der Waals surface area contributed by atoms with Gasteiger partial charge in [-0.05, 0) is 24.6 Å². The molecule has 6 heteroatoms. The van der Waals surface area contributed by atoms with Crippen LogP contribution in [0.4, 0.5) is 0 Å². The second-order valence-electron chi connectivity index (χ2n) is 3.11. The number of carboxylic acid groups (broad SMARTS) is 1. The van der Waals surface area contributed by atoms with E-state index in [0.717, 1.165) is 0 Å². The van der Waals surface area contributed by atoms with Crippen LogP contribution in [0.3, 0.4) is 0 Å². The first-order chi connectivity index (χ1) is 7.09. The zero-order valence-corrected chi connectivity index (χ0v) is 11.1. The van der Waals surface area contributed by atoms with E-state index in [9.17, 15) is 15.0 Å². The van der Waals surface area contributed by atoms with Crippen LogP contribution in [0.15, 0.2) is 18.2 Å². The molecule has 0 bridgehead atoms. The number of rotatable bonds is 5. The van der Waals surface area contributed by atoms with Crippen LogP contribution in [0.2, 0.25) is 0 Å². The van der Waals surface area contributed by atoms with Crippen LogP contribution in [-0.2, 0) is 11.2 Å². The third-order valence-electron chi connectivity index (χ3n) is 1.91. The van der Waals surface area contributed by atoms with Crippen molar-refractivity contribution in [3.8, 4) is 11.5 Å². The SMILES string of the molecule is O=C([O-])CNCCc1ccc(O)cc1O.[Na+]. The Morgan fingerprint density at radius 1 is 1.38 bits per heavy atom. The van der Waals surface area contributed by atoms with E-state index in [2.05, 4.69) is 5.32 Å². The van der Waals surface area contributed by atoms with Crippen LogP contribution in [0.25, 0.3) is 0 Å². The van der Waals surface area contributed by atoms with Gasteiger partial charge in [-0.25, -0.2) is 0 Å². The number of nitrogens with one attached hydrogen (secondary N) is 1. The Labute approximate surface area is 115 Å². The van der Waals surface area contributed by atoms with Crippen molar-refractivity contribution in [3.05, 3.63) is 23.8 Å². The van der Waals surface area contributed by atoms with Gasteiger partial charge >= 0.3 is 29.6 Å². The summed E-state index contributed by atoms with van der Waals surface area (Å²) < 4.78 is 0. The van der Waals surface area contributed by atoms with Crippen molar-refractivity contribution in [2.75, 3.05) is 13.1 Å². The molecule has 16 heavy (non-hydrogen) atoms. The minimum atomic E-state index is -1.16. The van der Waals surface area contributed by atoms with E-state index in [4.69, 9.17) is 5.11 Å². The van der Waals surface area contributed by atoms with Gasteiger partial charge in [0, 0.05) is 12.6 Å². The maximum Gasteiger partial charge on any atom is 1.00 e. The van der Waals surface area contributed by atoms with Gasteiger partial charge in [0.1, 0.15) is 11.5 Å². The van der Waals surface area contributed by atoms with Gasteiger partial charge in [-0.1, -0.05) is 6.07 Å². The fourth-order valence-corrected chi connectivity index (χ4v) is 1.18. The molecule has 0 atom stereocenters. The molecule has 0 aromatic heterocycles. The molecule has 1 aromatic carbocycles. The molecule has 0 heterocycles. The van der Waals surface area contributed by atoms with E-state index in [0.29, 0.717) is 18.5 Å². The summed E-state index contributed by atoms with van der Waals surface area (Å²) in [5, 5.41) is 31.1. The number of phenols is 2. The average molecular weight is 233 g/mol. The van der Waals surface area contributed by atoms with Crippen molar-refractivity contribution in [2.24, 2.45) is 0 Å². The number of phenolic OH excluding ortho intramolecular Hbond substituents is 2. The largest absolute Gasteiger partial charge is 1.00 e. The molecule has 0 amide bonds. The Hall–Kier alpha value is -0.750. The predicted molar refractivity (Wildman–Crippen MR) is 51.4 cm³/mol. The second kappa shape index (κ2) is 7.51. The minimum absolute atomic E-state index is 0. The van der Waals surface area contributed by atoms with Crippen LogP contribution in [-0.4, -0.2) is 29.3 Å². The van der Waals surface area contributed by atoms with Crippen molar-refractivity contribution < 1.29 is 49.7 Å². The standard InChI is InChI=1S/C10H13NO4.Na/c12-8-2-1-7(9(13)5-8)3-4-11-6-10(14)15;/h1-2,5,11-13H,3-4,6H2,(H,14,15);/q;+1/p-1. The predicted octanol–water partition coefficient (Wildman–Crippen LogP) is -4.02. The molecule has 0 saturated heterocycles. The summed E-state index contributed by atoms with van der Waals surface area (Å²) in [5.74, 6) is -1.16. The van der Waals surface area contributed by atoms with E-state index in [1.54, 1.807) is 6.07 Å². The number of carboxylic acids is 1. The number of benzene rings is 1. The van der Waals surface area contributed by atoms with Gasteiger partial charge in [0.05, 0.1) is 5.97 Å². The molecule has 0 spiro atoms. The van der Waals surface area contributed by atoms with Crippen LogP contribution in [0, 0.1) is 0 Å². The molecule has 0 aliphatic heterocycles. The summed E-state index contributed by atoms with van der Waals surface area (Å²) in [6, 6.07) is 4.30. The molecule has 0 aliphatic carbocycles. The van der Waals surface area contributed by atoms with Gasteiger partial charge in [-0.2, -0.15) is 0 Å². The van der Waals surface area contributed by atoms with Crippen LogP contribution in [0.5, 0.6) is 11.5 Å². The number of hydrogen-bond donors (Lipinski definition) is 3. The van der Waals surface area contributed by atoms with Crippen molar-refractivity contribution >= 4 is 5.97 Å². The Kier molecular flexibility index (Phi) is 7.16. The Morgan fingerprint density at radius 3 is 2.62 bits per heavy atom. The Balaban J connectivity index is 0.00000225. The van der Waals surface area contributed by atoms with E-state index < -0.39 is 5.97 Å². The number of aromatic hydroxyl groups is 2. The number of hydrogen-bond acceptors (Lipinski definition) is 5. The summed E-state index contributed by atoms with van der Waals surface area (Å²) >= 11 is 0. The summed E-state index contributed by atoms with van der Waals surface area (Å²) in [6.07, 6.45) is 0.486. The number of carbonyl (C=O) groups is 1. The van der Waals surface area contributed by atoms with Gasteiger partial charge in [0.2, 0.25) is 0 Å². The minimum Gasteiger partial charge on any atom is -0.549 e. The van der Waals surface area contributed by atoms with Crippen molar-refractivity contribution in [3.63, 3.8) is 0 Å². The van der Waals surface area contributed by atoms with Crippen LogP contribution < -0.4 is 40.0 Å². The zero-order chi connectivity index (χ0) is 11.3. The third kappa shape index (κ3) is 5.37. The Morgan fingerprint density at radius 2 is 2.06 bits per heavy atom. The molecular weight excluding hydrogens is 221 g/mol. The molecule has 0 aliphatic rings. The summed E-state index contributed by atoms with van der Waals surface area (Å²) in [4.78, 5) is 10.1. The fraction of sp³-hybridized carbons (Fsp3) is 0.300. The van der Waals surface area contributed by atoms with E-state index in [1.807, 2.05) is 0 Å². The molecule has 1 rings (SSSR count). The van der Waals surface area contributed by atoms with E-state index >= 15 is 0 Å². The van der Waals surface area contributed by atoms with E-state index in [-0.39, 0.29) is 47.6 Å². The molecule has 82 valence electrons. The van der Waals surface area contributed by atoms with Crippen molar-refractivity contribution in [2.45, 2.75) is 6.42 Å². The Bertz CT molecular complexity index is 357. The van der Waals surface area contributed by atoms with Gasteiger partial charge in [-0.3, -0.25) is 0 Å². The molecule has 0 fully saturated rings. The van der Waals surface area contributed by atoms with Gasteiger partial charge < -0.3 is 25.4 Å². The van der Waals surface area contributed by atoms with Crippen molar-refractivity contribution in [1.29, 1.82) is 0 Å². The first-order valence-electron chi connectivity index (χ1n) is 4.51. The van der Waals surface area contributed by atoms with Gasteiger partial charge in [0.15, 0.2) is 0 Å². The second-order valence-corrected chi connectivity index (χ2v) is 3.11. The average Bonchev–Trinajstić information content (AvgIpc) is 2.14. The van der Waals surface area contributed by atoms with Gasteiger partial charge in [0.25, 0.3) is 0 Å². The molecule has 0 saturated carbocycles. The van der Waals surface area contributed by atoms with Crippen LogP contribution in [0.1, 0.15) is 5.56 Å². The maximum absolute atomic E-state index is 10.1. The molecule has 0 unspecified atom stereocenters. The number of carbonyl (C=O) groups excluding carboxylic acids is 1.